The van der Waals surface area contributed by atoms with Crippen molar-refractivity contribution in [3.05, 3.63) is 58.1 Å². The van der Waals surface area contributed by atoms with E-state index in [0.29, 0.717) is 6.04 Å². The van der Waals surface area contributed by atoms with Gasteiger partial charge in [-0.25, -0.2) is 0 Å². The average Bonchev–Trinajstić information content (AvgIpc) is 2.76. The van der Waals surface area contributed by atoms with Crippen LogP contribution in [0.4, 0.5) is 11.4 Å². The summed E-state index contributed by atoms with van der Waals surface area (Å²) in [6.45, 7) is 3.17. The number of benzene rings is 2. The van der Waals surface area contributed by atoms with Gasteiger partial charge in [-0.1, -0.05) is 34.1 Å². The Morgan fingerprint density at radius 3 is 2.80 bits per heavy atom. The molecular formula is C17H19BrN2. The number of hydrogen-bond donors (Lipinski definition) is 1. The molecule has 3 rings (SSSR count). The van der Waals surface area contributed by atoms with Gasteiger partial charge in [0.15, 0.2) is 0 Å². The van der Waals surface area contributed by atoms with Gasteiger partial charge < -0.3 is 10.2 Å². The van der Waals surface area contributed by atoms with Crippen LogP contribution in [0.5, 0.6) is 0 Å². The average molecular weight is 331 g/mol. The lowest BCUT2D eigenvalue weighted by Crippen LogP contribution is -2.25. The standard InChI is InChI=1S/C17H19BrN2/c1-12-9-13-5-3-4-6-16(13)20(12)17-8-7-15(18)10-14(17)11-19-2/h3-8,10,12,19H,9,11H2,1-2H3. The first-order valence-corrected chi connectivity index (χ1v) is 7.80. The molecule has 0 aromatic heterocycles. The van der Waals surface area contributed by atoms with Crippen molar-refractivity contribution in [1.82, 2.24) is 5.32 Å². The summed E-state index contributed by atoms with van der Waals surface area (Å²) in [5.41, 5.74) is 5.42. The molecular weight excluding hydrogens is 312 g/mol. The second-order valence-electron chi connectivity index (χ2n) is 5.36. The van der Waals surface area contributed by atoms with Gasteiger partial charge in [0.25, 0.3) is 0 Å². The fraction of sp³-hybridized carbons (Fsp3) is 0.294. The third-order valence-electron chi connectivity index (χ3n) is 3.88. The Bertz CT molecular complexity index is 624. The Balaban J connectivity index is 2.09. The van der Waals surface area contributed by atoms with Gasteiger partial charge in [-0.05, 0) is 55.8 Å². The van der Waals surface area contributed by atoms with Crippen molar-refractivity contribution in [2.75, 3.05) is 11.9 Å². The molecule has 0 bridgehead atoms. The molecule has 1 aliphatic rings. The summed E-state index contributed by atoms with van der Waals surface area (Å²) in [5.74, 6) is 0. The first kappa shape index (κ1) is 13.7. The fourth-order valence-electron chi connectivity index (χ4n) is 3.05. The summed E-state index contributed by atoms with van der Waals surface area (Å²) in [7, 11) is 1.99. The number of anilines is 2. The van der Waals surface area contributed by atoms with Crippen molar-refractivity contribution >= 4 is 27.3 Å². The van der Waals surface area contributed by atoms with Crippen molar-refractivity contribution in [3.63, 3.8) is 0 Å². The molecule has 0 saturated heterocycles. The molecule has 20 heavy (non-hydrogen) atoms. The van der Waals surface area contributed by atoms with Gasteiger partial charge in [0.1, 0.15) is 0 Å². The van der Waals surface area contributed by atoms with Crippen molar-refractivity contribution in [2.24, 2.45) is 0 Å². The van der Waals surface area contributed by atoms with Crippen LogP contribution >= 0.6 is 15.9 Å². The zero-order valence-electron chi connectivity index (χ0n) is 11.9. The number of hydrogen-bond acceptors (Lipinski definition) is 2. The number of nitrogens with one attached hydrogen (secondary N) is 1. The summed E-state index contributed by atoms with van der Waals surface area (Å²) < 4.78 is 1.13. The molecule has 3 heteroatoms. The lowest BCUT2D eigenvalue weighted by Gasteiger charge is -2.27. The smallest absolute Gasteiger partial charge is 0.0459 e. The second-order valence-corrected chi connectivity index (χ2v) is 6.27. The van der Waals surface area contributed by atoms with E-state index in [2.05, 4.69) is 75.5 Å². The summed E-state index contributed by atoms with van der Waals surface area (Å²) in [6.07, 6.45) is 1.12. The number of fused-ring (bicyclic) bond motifs is 1. The number of para-hydroxylation sites is 1. The molecule has 1 aliphatic heterocycles. The van der Waals surface area contributed by atoms with E-state index < -0.39 is 0 Å². The fourth-order valence-corrected chi connectivity index (χ4v) is 3.46. The van der Waals surface area contributed by atoms with Gasteiger partial charge in [-0.3, -0.25) is 0 Å². The minimum Gasteiger partial charge on any atom is -0.338 e. The van der Waals surface area contributed by atoms with Crippen LogP contribution in [0.2, 0.25) is 0 Å². The highest BCUT2D eigenvalue weighted by atomic mass is 79.9. The quantitative estimate of drug-likeness (QED) is 0.904. The highest BCUT2D eigenvalue weighted by Gasteiger charge is 2.28. The van der Waals surface area contributed by atoms with E-state index in [1.165, 1.54) is 22.5 Å². The molecule has 0 saturated carbocycles. The molecule has 2 aromatic carbocycles. The van der Waals surface area contributed by atoms with E-state index >= 15 is 0 Å². The van der Waals surface area contributed by atoms with Crippen LogP contribution in [0.15, 0.2) is 46.9 Å². The van der Waals surface area contributed by atoms with Crippen LogP contribution in [0.3, 0.4) is 0 Å². The summed E-state index contributed by atoms with van der Waals surface area (Å²) >= 11 is 3.58. The molecule has 1 heterocycles. The predicted molar refractivity (Wildman–Crippen MR) is 88.7 cm³/mol. The monoisotopic (exact) mass is 330 g/mol. The summed E-state index contributed by atoms with van der Waals surface area (Å²) in [4.78, 5) is 2.47. The van der Waals surface area contributed by atoms with Gasteiger partial charge >= 0.3 is 0 Å². The van der Waals surface area contributed by atoms with E-state index in [1.54, 1.807) is 0 Å². The molecule has 0 fully saturated rings. The number of halogens is 1. The molecule has 0 amide bonds. The van der Waals surface area contributed by atoms with E-state index in [-0.39, 0.29) is 0 Å². The van der Waals surface area contributed by atoms with Gasteiger partial charge in [0, 0.05) is 28.4 Å². The topological polar surface area (TPSA) is 15.3 Å². The molecule has 1 atom stereocenters. The number of nitrogens with zero attached hydrogens (tertiary/aromatic N) is 1. The third-order valence-corrected chi connectivity index (χ3v) is 4.37. The van der Waals surface area contributed by atoms with Crippen molar-refractivity contribution in [3.8, 4) is 0 Å². The van der Waals surface area contributed by atoms with Crippen molar-refractivity contribution in [2.45, 2.75) is 25.9 Å². The highest BCUT2D eigenvalue weighted by Crippen LogP contribution is 2.40. The Hall–Kier alpha value is -1.32. The highest BCUT2D eigenvalue weighted by molar-refractivity contribution is 9.10. The van der Waals surface area contributed by atoms with Crippen molar-refractivity contribution < 1.29 is 0 Å². The first-order chi connectivity index (χ1) is 9.70. The van der Waals surface area contributed by atoms with Crippen LogP contribution < -0.4 is 10.2 Å². The van der Waals surface area contributed by atoms with E-state index in [0.717, 1.165) is 17.4 Å². The van der Waals surface area contributed by atoms with E-state index in [9.17, 15) is 0 Å². The zero-order valence-corrected chi connectivity index (χ0v) is 13.4. The molecule has 2 nitrogen and oxygen atoms in total. The Morgan fingerprint density at radius 2 is 2.00 bits per heavy atom. The van der Waals surface area contributed by atoms with Crippen LogP contribution in [-0.2, 0) is 13.0 Å². The summed E-state index contributed by atoms with van der Waals surface area (Å²) in [6, 6.07) is 15.8. The Morgan fingerprint density at radius 1 is 1.20 bits per heavy atom. The van der Waals surface area contributed by atoms with Crippen LogP contribution in [0.25, 0.3) is 0 Å². The molecule has 0 radical (unpaired) electrons. The van der Waals surface area contributed by atoms with Gasteiger partial charge in [-0.15, -0.1) is 0 Å². The minimum absolute atomic E-state index is 0.504. The van der Waals surface area contributed by atoms with Gasteiger partial charge in [0.2, 0.25) is 0 Å². The normalized spacial score (nSPS) is 17.4. The lowest BCUT2D eigenvalue weighted by atomic mass is 10.1. The minimum atomic E-state index is 0.504. The predicted octanol–water partition coefficient (Wildman–Crippen LogP) is 4.25. The molecule has 0 aliphatic carbocycles. The number of rotatable bonds is 3. The molecule has 1 unspecified atom stereocenters. The molecule has 1 N–H and O–H groups in total. The van der Waals surface area contributed by atoms with Gasteiger partial charge in [0.05, 0.1) is 0 Å². The maximum atomic E-state index is 3.58. The molecule has 104 valence electrons. The Kier molecular flexibility index (Phi) is 3.81. The van der Waals surface area contributed by atoms with E-state index in [1.807, 2.05) is 7.05 Å². The first-order valence-electron chi connectivity index (χ1n) is 7.01. The summed E-state index contributed by atoms with van der Waals surface area (Å²) in [5, 5.41) is 3.27. The largest absolute Gasteiger partial charge is 0.338 e. The molecule has 0 spiro atoms. The van der Waals surface area contributed by atoms with Crippen LogP contribution in [0, 0.1) is 0 Å². The van der Waals surface area contributed by atoms with Crippen LogP contribution in [0.1, 0.15) is 18.1 Å². The lowest BCUT2D eigenvalue weighted by molar-refractivity contribution is 0.746. The van der Waals surface area contributed by atoms with Crippen molar-refractivity contribution in [1.29, 1.82) is 0 Å². The Labute approximate surface area is 128 Å². The van der Waals surface area contributed by atoms with E-state index in [4.69, 9.17) is 0 Å². The third kappa shape index (κ3) is 2.36. The SMILES string of the molecule is CNCc1cc(Br)ccc1N1c2ccccc2CC1C. The zero-order chi connectivity index (χ0) is 14.1. The molecule has 2 aromatic rings. The van der Waals surface area contributed by atoms with Gasteiger partial charge in [-0.2, -0.15) is 0 Å². The maximum absolute atomic E-state index is 3.58. The maximum Gasteiger partial charge on any atom is 0.0459 e. The van der Waals surface area contributed by atoms with Crippen LogP contribution in [-0.4, -0.2) is 13.1 Å². The second kappa shape index (κ2) is 5.58.